The lowest BCUT2D eigenvalue weighted by Crippen LogP contribution is -2.31. The van der Waals surface area contributed by atoms with Gasteiger partial charge in [0, 0.05) is 18.6 Å². The number of aryl methyl sites for hydroxylation is 1. The average Bonchev–Trinajstić information content (AvgIpc) is 2.94. The summed E-state index contributed by atoms with van der Waals surface area (Å²) in [5.74, 6) is -0.190. The summed E-state index contributed by atoms with van der Waals surface area (Å²) in [6.45, 7) is 6.23. The van der Waals surface area contributed by atoms with Gasteiger partial charge in [-0.1, -0.05) is 25.3 Å². The molecule has 0 heterocycles. The Kier molecular flexibility index (Phi) is 16.3. The van der Waals surface area contributed by atoms with E-state index < -0.39 is 17.7 Å². The second-order valence-electron chi connectivity index (χ2n) is 9.61. The molecule has 39 heavy (non-hydrogen) atoms. The lowest BCUT2D eigenvalue weighted by molar-refractivity contribution is -0.153. The molecule has 1 fully saturated rings. The number of ether oxygens (including phenoxy) is 3. The van der Waals surface area contributed by atoms with Crippen LogP contribution < -0.4 is 4.74 Å². The van der Waals surface area contributed by atoms with Crippen LogP contribution in [0.25, 0.3) is 0 Å². The number of alkyl halides is 4. The molecule has 1 aromatic rings. The van der Waals surface area contributed by atoms with Crippen molar-refractivity contribution in [3.63, 3.8) is 0 Å². The Morgan fingerprint density at radius 1 is 1.10 bits per heavy atom. The highest BCUT2D eigenvalue weighted by Gasteiger charge is 2.38. The molecule has 1 aromatic carbocycles. The van der Waals surface area contributed by atoms with Gasteiger partial charge in [-0.2, -0.15) is 13.2 Å². The van der Waals surface area contributed by atoms with E-state index in [2.05, 4.69) is 13.2 Å². The molecule has 1 aliphatic rings. The zero-order valence-electron chi connectivity index (χ0n) is 22.5. The van der Waals surface area contributed by atoms with E-state index in [1.807, 2.05) is 24.3 Å². The van der Waals surface area contributed by atoms with Crippen molar-refractivity contribution in [3.05, 3.63) is 54.1 Å². The van der Waals surface area contributed by atoms with Crippen molar-refractivity contribution in [1.82, 2.24) is 0 Å². The number of carbonyl (C=O) groups is 2. The van der Waals surface area contributed by atoms with E-state index in [0.717, 1.165) is 44.3 Å². The summed E-state index contributed by atoms with van der Waals surface area (Å²) in [6.07, 6.45) is 1.60. The van der Waals surface area contributed by atoms with Gasteiger partial charge in [-0.25, -0.2) is 4.79 Å². The van der Waals surface area contributed by atoms with Gasteiger partial charge in [-0.05, 0) is 74.5 Å². The molecular formula is C29H40F4O6. The average molecular weight is 561 g/mol. The van der Waals surface area contributed by atoms with Crippen molar-refractivity contribution in [2.24, 2.45) is 17.8 Å². The van der Waals surface area contributed by atoms with Crippen molar-refractivity contribution < 1.29 is 46.5 Å². The standard InChI is InChI=1S/C25H34F4O4.C4H6O2/c1-18(25(27,28)29)24(30)33-17-22(16-31-2)21-10-6-20(7-11-21)15-32-23-12-8-19(9-13-23)5-3-4-14-26;1-4(2-5)3-6/h8-9,12-13,20-22H,1,3-7,10-11,14-17H2,2H3;2,6H,1,3H2. The molecule has 0 saturated heterocycles. The molecule has 0 aliphatic heterocycles. The van der Waals surface area contributed by atoms with Gasteiger partial charge in [-0.15, -0.1) is 0 Å². The molecule has 0 amide bonds. The third-order valence-corrected chi connectivity index (χ3v) is 6.58. The Bertz CT molecular complexity index is 877. The topological polar surface area (TPSA) is 82.1 Å². The fourth-order valence-electron chi connectivity index (χ4n) is 4.17. The smallest absolute Gasteiger partial charge is 0.422 e. The quantitative estimate of drug-likeness (QED) is 0.0957. The van der Waals surface area contributed by atoms with E-state index >= 15 is 0 Å². The Hall–Kier alpha value is -2.72. The molecule has 1 saturated carbocycles. The Balaban J connectivity index is 0.00000113. The predicted molar refractivity (Wildman–Crippen MR) is 140 cm³/mol. The number of halogens is 4. The van der Waals surface area contributed by atoms with Crippen molar-refractivity contribution in [2.75, 3.05) is 40.2 Å². The number of hydrogen-bond acceptors (Lipinski definition) is 6. The minimum Gasteiger partial charge on any atom is -0.493 e. The summed E-state index contributed by atoms with van der Waals surface area (Å²) in [5.41, 5.74) is -0.109. The van der Waals surface area contributed by atoms with Crippen LogP contribution in [0.4, 0.5) is 17.6 Å². The highest BCUT2D eigenvalue weighted by molar-refractivity contribution is 5.89. The van der Waals surface area contributed by atoms with Gasteiger partial charge in [0.15, 0.2) is 0 Å². The first kappa shape index (κ1) is 34.3. The van der Waals surface area contributed by atoms with Gasteiger partial charge < -0.3 is 19.3 Å². The van der Waals surface area contributed by atoms with Crippen LogP contribution in [0, 0.1) is 17.8 Å². The maximum absolute atomic E-state index is 12.6. The molecule has 0 radical (unpaired) electrons. The van der Waals surface area contributed by atoms with Crippen LogP contribution in [0.1, 0.15) is 44.1 Å². The molecule has 0 aromatic heterocycles. The van der Waals surface area contributed by atoms with Crippen molar-refractivity contribution >= 4 is 12.3 Å². The summed E-state index contributed by atoms with van der Waals surface area (Å²) in [5, 5.41) is 8.00. The molecule has 1 atom stereocenters. The lowest BCUT2D eigenvalue weighted by Gasteiger charge is -2.33. The second-order valence-corrected chi connectivity index (χ2v) is 9.61. The van der Waals surface area contributed by atoms with E-state index in [9.17, 15) is 27.2 Å². The molecule has 1 aliphatic carbocycles. The zero-order valence-corrected chi connectivity index (χ0v) is 22.5. The molecule has 10 heteroatoms. The molecule has 0 spiro atoms. The van der Waals surface area contributed by atoms with E-state index in [-0.39, 0.29) is 37.3 Å². The van der Waals surface area contributed by atoms with E-state index in [4.69, 9.17) is 19.3 Å². The summed E-state index contributed by atoms with van der Waals surface area (Å²) in [6, 6.07) is 7.89. The number of benzene rings is 1. The van der Waals surface area contributed by atoms with Gasteiger partial charge >= 0.3 is 12.1 Å². The minimum atomic E-state index is -4.79. The summed E-state index contributed by atoms with van der Waals surface area (Å²) in [4.78, 5) is 21.1. The van der Waals surface area contributed by atoms with Crippen LogP contribution in [0.3, 0.4) is 0 Å². The molecule has 220 valence electrons. The third-order valence-electron chi connectivity index (χ3n) is 6.58. The molecular weight excluding hydrogens is 520 g/mol. The fourth-order valence-corrected chi connectivity index (χ4v) is 4.17. The van der Waals surface area contributed by atoms with E-state index in [1.54, 1.807) is 0 Å². The number of aliphatic hydroxyl groups is 1. The van der Waals surface area contributed by atoms with E-state index in [0.29, 0.717) is 31.8 Å². The Labute approximate surface area is 228 Å². The SMILES string of the molecule is C=C(C(=O)OCC(COC)C1CCC(COc2ccc(CCCCF)cc2)CC1)C(F)(F)F.C=C(C=O)CO. The number of unbranched alkanes of at least 4 members (excludes halogenated alkanes) is 1. The number of carbonyl (C=O) groups excluding carboxylic acids is 2. The number of esters is 1. The number of hydrogen-bond donors (Lipinski definition) is 1. The monoisotopic (exact) mass is 560 g/mol. The van der Waals surface area contributed by atoms with Crippen LogP contribution in [-0.2, 0) is 25.5 Å². The van der Waals surface area contributed by atoms with Crippen LogP contribution >= 0.6 is 0 Å². The predicted octanol–water partition coefficient (Wildman–Crippen LogP) is 5.82. The Morgan fingerprint density at radius 3 is 2.23 bits per heavy atom. The largest absolute Gasteiger partial charge is 0.493 e. The Morgan fingerprint density at radius 2 is 1.74 bits per heavy atom. The van der Waals surface area contributed by atoms with Crippen LogP contribution in [0.2, 0.25) is 0 Å². The molecule has 1 unspecified atom stereocenters. The number of aldehydes is 1. The number of aliphatic hydroxyl groups excluding tert-OH is 1. The second kappa shape index (κ2) is 18.5. The van der Waals surface area contributed by atoms with Crippen LogP contribution in [-0.4, -0.2) is 63.8 Å². The van der Waals surface area contributed by atoms with Gasteiger partial charge in [0.25, 0.3) is 0 Å². The van der Waals surface area contributed by atoms with Gasteiger partial charge in [0.2, 0.25) is 0 Å². The van der Waals surface area contributed by atoms with Crippen molar-refractivity contribution in [3.8, 4) is 5.75 Å². The highest BCUT2D eigenvalue weighted by atomic mass is 19.4. The fraction of sp³-hybridized carbons (Fsp3) is 0.586. The molecule has 6 nitrogen and oxygen atoms in total. The highest BCUT2D eigenvalue weighted by Crippen LogP contribution is 2.35. The summed E-state index contributed by atoms with van der Waals surface area (Å²) >= 11 is 0. The zero-order chi connectivity index (χ0) is 29.3. The first-order valence-corrected chi connectivity index (χ1v) is 13.0. The maximum atomic E-state index is 12.6. The van der Waals surface area contributed by atoms with Crippen molar-refractivity contribution in [1.29, 1.82) is 0 Å². The van der Waals surface area contributed by atoms with Gasteiger partial charge in [-0.3, -0.25) is 9.18 Å². The number of methoxy groups -OCH3 is 1. The lowest BCUT2D eigenvalue weighted by atomic mass is 9.76. The first-order chi connectivity index (χ1) is 18.5. The van der Waals surface area contributed by atoms with Crippen LogP contribution in [0.5, 0.6) is 5.75 Å². The summed E-state index contributed by atoms with van der Waals surface area (Å²) < 4.78 is 66.0. The van der Waals surface area contributed by atoms with E-state index in [1.165, 1.54) is 12.7 Å². The molecule has 2 rings (SSSR count). The molecule has 1 N–H and O–H groups in total. The maximum Gasteiger partial charge on any atom is 0.422 e. The summed E-state index contributed by atoms with van der Waals surface area (Å²) in [7, 11) is 1.52. The third kappa shape index (κ3) is 13.8. The number of rotatable bonds is 15. The first-order valence-electron chi connectivity index (χ1n) is 13.0. The van der Waals surface area contributed by atoms with Gasteiger partial charge in [0.05, 0.1) is 33.1 Å². The van der Waals surface area contributed by atoms with Crippen molar-refractivity contribution in [2.45, 2.75) is 51.1 Å². The van der Waals surface area contributed by atoms with Gasteiger partial charge in [0.1, 0.15) is 17.6 Å². The van der Waals surface area contributed by atoms with Crippen LogP contribution in [0.15, 0.2) is 48.6 Å². The minimum absolute atomic E-state index is 0.120. The molecule has 0 bridgehead atoms. The normalized spacial score (nSPS) is 17.8.